The van der Waals surface area contributed by atoms with Crippen molar-refractivity contribution in [1.29, 1.82) is 0 Å². The number of amides is 2. The van der Waals surface area contributed by atoms with Gasteiger partial charge in [-0.25, -0.2) is 0 Å². The van der Waals surface area contributed by atoms with Gasteiger partial charge in [0.1, 0.15) is 0 Å². The third-order valence-electron chi connectivity index (χ3n) is 3.05. The van der Waals surface area contributed by atoms with Crippen molar-refractivity contribution >= 4 is 45.8 Å². The highest BCUT2D eigenvalue weighted by Crippen LogP contribution is 2.14. The number of hydrogen-bond acceptors (Lipinski definition) is 3. The van der Waals surface area contributed by atoms with Crippen molar-refractivity contribution in [2.75, 3.05) is 11.9 Å². The van der Waals surface area contributed by atoms with E-state index < -0.39 is 5.54 Å². The van der Waals surface area contributed by atoms with Crippen molar-refractivity contribution in [1.82, 2.24) is 5.32 Å². The van der Waals surface area contributed by atoms with Gasteiger partial charge in [-0.1, -0.05) is 29.3 Å². The Hall–Kier alpha value is -1.11. The molecular weight excluding hydrogens is 370 g/mol. The summed E-state index contributed by atoms with van der Waals surface area (Å²) in [6, 6.07) is 7.31. The molecule has 0 aliphatic rings. The summed E-state index contributed by atoms with van der Waals surface area (Å²) in [5.74, 6) is -0.368. The van der Waals surface area contributed by atoms with Crippen LogP contribution in [-0.2, 0) is 9.59 Å². The lowest BCUT2D eigenvalue weighted by Gasteiger charge is -2.22. The number of anilines is 1. The second-order valence-electron chi connectivity index (χ2n) is 5.23. The van der Waals surface area contributed by atoms with Crippen molar-refractivity contribution in [3.05, 3.63) is 28.7 Å². The lowest BCUT2D eigenvalue weighted by Crippen LogP contribution is -2.51. The summed E-state index contributed by atoms with van der Waals surface area (Å²) in [7, 11) is 0. The summed E-state index contributed by atoms with van der Waals surface area (Å²) in [4.78, 5) is 23.6. The SMILES string of the molecule is CCCC(C)(N)C(=O)NCCC(=O)Nc1ccc(Br)cc1.Cl. The molecule has 0 aliphatic heterocycles. The summed E-state index contributed by atoms with van der Waals surface area (Å²) in [5, 5.41) is 5.47. The molecular formula is C15H23BrClN3O2. The fourth-order valence-corrected chi connectivity index (χ4v) is 2.15. The minimum absolute atomic E-state index is 0. The normalized spacial score (nSPS) is 12.7. The lowest BCUT2D eigenvalue weighted by molar-refractivity contribution is -0.126. The predicted octanol–water partition coefficient (Wildman–Crippen LogP) is 2.83. The minimum atomic E-state index is -0.878. The van der Waals surface area contributed by atoms with Crippen LogP contribution in [0.4, 0.5) is 5.69 Å². The maximum Gasteiger partial charge on any atom is 0.239 e. The molecule has 1 rings (SSSR count). The zero-order valence-corrected chi connectivity index (χ0v) is 15.2. The maximum absolute atomic E-state index is 11.9. The Labute approximate surface area is 145 Å². The van der Waals surface area contributed by atoms with Crippen LogP contribution in [0.15, 0.2) is 28.7 Å². The second kappa shape index (κ2) is 9.82. The first-order chi connectivity index (χ1) is 9.85. The quantitative estimate of drug-likeness (QED) is 0.667. The van der Waals surface area contributed by atoms with Crippen LogP contribution >= 0.6 is 28.3 Å². The molecule has 1 atom stereocenters. The van der Waals surface area contributed by atoms with Crippen LogP contribution in [0.2, 0.25) is 0 Å². The summed E-state index contributed by atoms with van der Waals surface area (Å²) in [6.45, 7) is 3.95. The topological polar surface area (TPSA) is 84.2 Å². The summed E-state index contributed by atoms with van der Waals surface area (Å²) < 4.78 is 0.950. The van der Waals surface area contributed by atoms with E-state index in [1.807, 2.05) is 19.1 Å². The van der Waals surface area contributed by atoms with Crippen molar-refractivity contribution in [3.63, 3.8) is 0 Å². The van der Waals surface area contributed by atoms with Gasteiger partial charge < -0.3 is 16.4 Å². The highest BCUT2D eigenvalue weighted by atomic mass is 79.9. The summed E-state index contributed by atoms with van der Waals surface area (Å²) in [5.41, 5.74) is 5.76. The van der Waals surface area contributed by atoms with Gasteiger partial charge in [-0.15, -0.1) is 12.4 Å². The molecule has 0 heterocycles. The Kier molecular flexibility index (Phi) is 9.32. The van der Waals surface area contributed by atoms with Gasteiger partial charge in [0, 0.05) is 23.1 Å². The standard InChI is InChI=1S/C15H22BrN3O2.ClH/c1-3-9-15(2,17)14(21)18-10-8-13(20)19-12-6-4-11(16)5-7-12;/h4-7H,3,8-10,17H2,1-2H3,(H,18,21)(H,19,20);1H. The van der Waals surface area contributed by atoms with Crippen molar-refractivity contribution < 1.29 is 9.59 Å². The highest BCUT2D eigenvalue weighted by molar-refractivity contribution is 9.10. The Balaban J connectivity index is 0.00000441. The van der Waals surface area contributed by atoms with Crippen LogP contribution < -0.4 is 16.4 Å². The fourth-order valence-electron chi connectivity index (χ4n) is 1.88. The molecule has 0 spiro atoms. The molecule has 0 saturated carbocycles. The van der Waals surface area contributed by atoms with Crippen molar-refractivity contribution in [3.8, 4) is 0 Å². The summed E-state index contributed by atoms with van der Waals surface area (Å²) in [6.07, 6.45) is 1.67. The number of carbonyl (C=O) groups excluding carboxylic acids is 2. The van der Waals surface area contributed by atoms with E-state index in [9.17, 15) is 9.59 Å². The molecule has 0 bridgehead atoms. The zero-order chi connectivity index (χ0) is 15.9. The van der Waals surface area contributed by atoms with Crippen LogP contribution in [0.5, 0.6) is 0 Å². The monoisotopic (exact) mass is 391 g/mol. The van der Waals surface area contributed by atoms with Crippen LogP contribution in [-0.4, -0.2) is 23.9 Å². The van der Waals surface area contributed by atoms with E-state index in [1.54, 1.807) is 19.1 Å². The van der Waals surface area contributed by atoms with E-state index in [-0.39, 0.29) is 37.2 Å². The fraction of sp³-hybridized carbons (Fsp3) is 0.467. The van der Waals surface area contributed by atoms with Crippen molar-refractivity contribution in [2.45, 2.75) is 38.6 Å². The van der Waals surface area contributed by atoms with E-state index in [1.165, 1.54) is 0 Å². The van der Waals surface area contributed by atoms with Gasteiger partial charge in [0.2, 0.25) is 11.8 Å². The Morgan fingerprint density at radius 2 is 1.86 bits per heavy atom. The number of carbonyl (C=O) groups is 2. The first kappa shape index (κ1) is 20.9. The molecule has 4 N–H and O–H groups in total. The van der Waals surface area contributed by atoms with E-state index in [4.69, 9.17) is 5.73 Å². The molecule has 0 fully saturated rings. The number of halogens is 2. The molecule has 0 aromatic heterocycles. The third kappa shape index (κ3) is 7.24. The Bertz CT molecular complexity index is 492. The molecule has 7 heteroatoms. The molecule has 1 unspecified atom stereocenters. The second-order valence-corrected chi connectivity index (χ2v) is 6.14. The highest BCUT2D eigenvalue weighted by Gasteiger charge is 2.26. The lowest BCUT2D eigenvalue weighted by atomic mass is 9.96. The molecule has 2 amide bonds. The Morgan fingerprint density at radius 3 is 2.41 bits per heavy atom. The van der Waals surface area contributed by atoms with Crippen LogP contribution in [0, 0.1) is 0 Å². The maximum atomic E-state index is 11.9. The zero-order valence-electron chi connectivity index (χ0n) is 12.8. The van der Waals surface area contributed by atoms with Gasteiger partial charge in [0.25, 0.3) is 0 Å². The first-order valence-corrected chi connectivity index (χ1v) is 7.77. The smallest absolute Gasteiger partial charge is 0.239 e. The van der Waals surface area contributed by atoms with Gasteiger partial charge >= 0.3 is 0 Å². The van der Waals surface area contributed by atoms with E-state index in [2.05, 4.69) is 26.6 Å². The number of rotatable bonds is 7. The average molecular weight is 393 g/mol. The van der Waals surface area contributed by atoms with Gasteiger partial charge in [-0.3, -0.25) is 9.59 Å². The molecule has 22 heavy (non-hydrogen) atoms. The van der Waals surface area contributed by atoms with E-state index in [0.717, 1.165) is 16.6 Å². The number of nitrogens with two attached hydrogens (primary N) is 1. The average Bonchev–Trinajstić information content (AvgIpc) is 2.41. The summed E-state index contributed by atoms with van der Waals surface area (Å²) >= 11 is 3.33. The third-order valence-corrected chi connectivity index (χ3v) is 3.58. The number of benzene rings is 1. The van der Waals surface area contributed by atoms with Crippen LogP contribution in [0.25, 0.3) is 0 Å². The minimum Gasteiger partial charge on any atom is -0.354 e. The van der Waals surface area contributed by atoms with Gasteiger partial charge in [0.05, 0.1) is 5.54 Å². The van der Waals surface area contributed by atoms with E-state index >= 15 is 0 Å². The Morgan fingerprint density at radius 1 is 1.27 bits per heavy atom. The predicted molar refractivity (Wildman–Crippen MR) is 95.1 cm³/mol. The number of nitrogens with one attached hydrogen (secondary N) is 2. The van der Waals surface area contributed by atoms with E-state index in [0.29, 0.717) is 6.42 Å². The van der Waals surface area contributed by atoms with Crippen LogP contribution in [0.3, 0.4) is 0 Å². The molecule has 0 saturated heterocycles. The molecule has 5 nitrogen and oxygen atoms in total. The van der Waals surface area contributed by atoms with Gasteiger partial charge in [-0.2, -0.15) is 0 Å². The van der Waals surface area contributed by atoms with Gasteiger partial charge in [-0.05, 0) is 37.6 Å². The molecule has 0 radical (unpaired) electrons. The molecule has 1 aromatic rings. The largest absolute Gasteiger partial charge is 0.354 e. The van der Waals surface area contributed by atoms with Crippen LogP contribution in [0.1, 0.15) is 33.1 Å². The molecule has 0 aliphatic carbocycles. The first-order valence-electron chi connectivity index (χ1n) is 6.98. The molecule has 1 aromatic carbocycles. The van der Waals surface area contributed by atoms with Crippen molar-refractivity contribution in [2.24, 2.45) is 5.73 Å². The molecule has 124 valence electrons. The van der Waals surface area contributed by atoms with Gasteiger partial charge in [0.15, 0.2) is 0 Å². The number of hydrogen-bond donors (Lipinski definition) is 3.